The SMILES string of the molecule is Cc1cccc(C(=O)Cc2cccc(-c3nc(NC(P(=O)(O)O)P(=O)(O)O)c4ccsc4n3)c2)c1. The molecular formula is C22H21N3O7P2S. The maximum Gasteiger partial charge on any atom is 0.360 e. The maximum atomic E-state index is 12.7. The van der Waals surface area contributed by atoms with Crippen molar-refractivity contribution in [2.75, 3.05) is 5.32 Å². The lowest BCUT2D eigenvalue weighted by atomic mass is 10.00. The number of thiophene rings is 1. The van der Waals surface area contributed by atoms with E-state index in [1.165, 1.54) is 11.3 Å². The van der Waals surface area contributed by atoms with Crippen molar-refractivity contribution < 1.29 is 33.5 Å². The molecule has 0 saturated carbocycles. The average Bonchev–Trinajstić information content (AvgIpc) is 3.25. The number of hydrogen-bond acceptors (Lipinski definition) is 7. The van der Waals surface area contributed by atoms with Crippen molar-refractivity contribution in [3.63, 3.8) is 0 Å². The van der Waals surface area contributed by atoms with Gasteiger partial charge in [0.1, 0.15) is 10.6 Å². The van der Waals surface area contributed by atoms with Crippen molar-refractivity contribution in [1.29, 1.82) is 0 Å². The van der Waals surface area contributed by atoms with E-state index in [0.717, 1.165) is 5.56 Å². The first-order valence-corrected chi connectivity index (χ1v) is 14.5. The molecule has 0 saturated heterocycles. The molecule has 182 valence electrons. The highest BCUT2D eigenvalue weighted by Crippen LogP contribution is 2.59. The minimum Gasteiger partial charge on any atom is -0.346 e. The first-order chi connectivity index (χ1) is 16.4. The Kier molecular flexibility index (Phi) is 7.04. The standard InChI is InChI=1S/C22H21N3O7P2S/c1-13-4-2-6-15(10-13)18(26)12-14-5-3-7-16(11-14)19-23-20(17-8-9-35-21(17)24-19)25-22(33(27,28)29)34(30,31)32/h2-11,22H,12H2,1H3,(H,23,24,25)(H2,27,28,29)(H2,30,31,32). The summed E-state index contributed by atoms with van der Waals surface area (Å²) in [6, 6.07) is 15.8. The van der Waals surface area contributed by atoms with Crippen LogP contribution < -0.4 is 5.32 Å². The highest BCUT2D eigenvalue weighted by Gasteiger charge is 2.44. The molecule has 0 bridgehead atoms. The molecule has 5 N–H and O–H groups in total. The first kappa shape index (κ1) is 25.3. The van der Waals surface area contributed by atoms with Crippen LogP contribution in [-0.2, 0) is 15.6 Å². The highest BCUT2D eigenvalue weighted by atomic mass is 32.1. The van der Waals surface area contributed by atoms with E-state index < -0.39 is 20.7 Å². The van der Waals surface area contributed by atoms with E-state index in [4.69, 9.17) is 0 Å². The molecular weight excluding hydrogens is 512 g/mol. The second-order valence-electron chi connectivity index (χ2n) is 7.90. The normalized spacial score (nSPS) is 12.3. The van der Waals surface area contributed by atoms with Crippen LogP contribution in [0.1, 0.15) is 21.5 Å². The molecule has 0 fully saturated rings. The molecule has 0 aliphatic heterocycles. The van der Waals surface area contributed by atoms with Gasteiger partial charge in [0, 0.05) is 17.5 Å². The Morgan fingerprint density at radius 3 is 2.40 bits per heavy atom. The van der Waals surface area contributed by atoms with Crippen LogP contribution in [0.25, 0.3) is 21.6 Å². The molecule has 4 rings (SSSR count). The number of anilines is 1. The maximum absolute atomic E-state index is 12.7. The Hall–Kier alpha value is -2.75. The van der Waals surface area contributed by atoms with Gasteiger partial charge in [-0.1, -0.05) is 42.0 Å². The van der Waals surface area contributed by atoms with E-state index >= 15 is 0 Å². The van der Waals surface area contributed by atoms with E-state index in [1.807, 2.05) is 25.1 Å². The molecule has 13 heteroatoms. The average molecular weight is 533 g/mol. The number of aromatic nitrogens is 2. The molecule has 0 aliphatic rings. The first-order valence-electron chi connectivity index (χ1n) is 10.2. The zero-order valence-corrected chi connectivity index (χ0v) is 20.9. The molecule has 0 atom stereocenters. The Morgan fingerprint density at radius 2 is 1.71 bits per heavy atom. The zero-order chi connectivity index (χ0) is 25.4. The van der Waals surface area contributed by atoms with E-state index in [2.05, 4.69) is 15.3 Å². The van der Waals surface area contributed by atoms with E-state index in [0.29, 0.717) is 26.9 Å². The van der Waals surface area contributed by atoms with Crippen LogP contribution >= 0.6 is 26.5 Å². The topological polar surface area (TPSA) is 170 Å². The summed E-state index contributed by atoms with van der Waals surface area (Å²) in [5.41, 5.74) is 0.355. The number of rotatable bonds is 8. The second-order valence-corrected chi connectivity index (χ2v) is 12.6. The van der Waals surface area contributed by atoms with Gasteiger partial charge in [-0.25, -0.2) is 9.97 Å². The fourth-order valence-corrected chi connectivity index (χ4v) is 6.42. The summed E-state index contributed by atoms with van der Waals surface area (Å²) in [5, 5.41) is 4.28. The number of fused-ring (bicyclic) bond motifs is 1. The molecule has 4 aromatic rings. The predicted octanol–water partition coefficient (Wildman–Crippen LogP) is 4.14. The minimum atomic E-state index is -5.23. The minimum absolute atomic E-state index is 0.0611. The Bertz CT molecular complexity index is 1490. The number of carbonyl (C=O) groups is 1. The van der Waals surface area contributed by atoms with E-state index in [1.54, 1.807) is 41.8 Å². The lowest BCUT2D eigenvalue weighted by Crippen LogP contribution is -2.21. The summed E-state index contributed by atoms with van der Waals surface area (Å²) in [6.45, 7) is 1.91. The van der Waals surface area contributed by atoms with Gasteiger partial charge in [0.2, 0.25) is 5.52 Å². The number of Topliss-reactive ketones (excluding diaryl/α,β-unsaturated/α-hetero) is 1. The summed E-state index contributed by atoms with van der Waals surface area (Å²) in [6.07, 6.45) is 0.141. The Balaban J connectivity index is 1.70. The molecule has 0 aliphatic carbocycles. The van der Waals surface area contributed by atoms with Crippen LogP contribution in [0.3, 0.4) is 0 Å². The van der Waals surface area contributed by atoms with Crippen molar-refractivity contribution in [1.82, 2.24) is 9.97 Å². The van der Waals surface area contributed by atoms with E-state index in [9.17, 15) is 33.5 Å². The van der Waals surface area contributed by atoms with Crippen LogP contribution in [0.15, 0.2) is 60.0 Å². The number of carbonyl (C=O) groups excluding carboxylic acids is 1. The molecule has 0 amide bonds. The number of ketones is 1. The molecule has 2 heterocycles. The number of nitrogens with one attached hydrogen (secondary N) is 1. The van der Waals surface area contributed by atoms with Crippen molar-refractivity contribution in [3.8, 4) is 11.4 Å². The Morgan fingerprint density at radius 1 is 1.00 bits per heavy atom. The van der Waals surface area contributed by atoms with Crippen molar-refractivity contribution in [2.24, 2.45) is 0 Å². The summed E-state index contributed by atoms with van der Waals surface area (Å²) in [5.74, 6) is -0.0134. The van der Waals surface area contributed by atoms with Crippen LogP contribution in [0.4, 0.5) is 5.82 Å². The monoisotopic (exact) mass is 533 g/mol. The summed E-state index contributed by atoms with van der Waals surface area (Å²) in [7, 11) is -10.5. The third kappa shape index (κ3) is 5.91. The molecule has 35 heavy (non-hydrogen) atoms. The molecule has 10 nitrogen and oxygen atoms in total. The summed E-state index contributed by atoms with van der Waals surface area (Å²) in [4.78, 5) is 60.0. The number of aryl methyl sites for hydroxylation is 1. The van der Waals surface area contributed by atoms with Gasteiger partial charge >= 0.3 is 15.2 Å². The lowest BCUT2D eigenvalue weighted by Gasteiger charge is -2.21. The smallest absolute Gasteiger partial charge is 0.346 e. The van der Waals surface area contributed by atoms with Crippen molar-refractivity contribution >= 4 is 48.3 Å². The lowest BCUT2D eigenvalue weighted by molar-refractivity contribution is 0.0993. The van der Waals surface area contributed by atoms with Gasteiger partial charge < -0.3 is 24.9 Å². The fraction of sp³-hybridized carbons (Fsp3) is 0.136. The second kappa shape index (κ2) is 9.72. The van der Waals surface area contributed by atoms with Gasteiger partial charge in [-0.15, -0.1) is 11.3 Å². The number of benzene rings is 2. The van der Waals surface area contributed by atoms with Crippen LogP contribution in [0.5, 0.6) is 0 Å². The van der Waals surface area contributed by atoms with E-state index in [-0.39, 0.29) is 23.8 Å². The molecule has 2 aromatic carbocycles. The molecule has 0 radical (unpaired) electrons. The predicted molar refractivity (Wildman–Crippen MR) is 134 cm³/mol. The number of nitrogens with zero attached hydrogens (tertiary/aromatic N) is 2. The third-order valence-electron chi connectivity index (χ3n) is 5.12. The fourth-order valence-electron chi connectivity index (χ4n) is 3.51. The Labute approximate surface area is 204 Å². The van der Waals surface area contributed by atoms with Gasteiger partial charge in [0.15, 0.2) is 11.6 Å². The highest BCUT2D eigenvalue weighted by molar-refractivity contribution is 7.71. The van der Waals surface area contributed by atoms with Crippen molar-refractivity contribution in [3.05, 3.63) is 76.7 Å². The largest absolute Gasteiger partial charge is 0.360 e. The van der Waals surface area contributed by atoms with Crippen LogP contribution in [-0.4, -0.2) is 40.8 Å². The third-order valence-corrected chi connectivity index (χ3v) is 9.26. The summed E-state index contributed by atoms with van der Waals surface area (Å²) < 4.78 is 23.5. The zero-order valence-electron chi connectivity index (χ0n) is 18.3. The van der Waals surface area contributed by atoms with Gasteiger partial charge in [0.25, 0.3) is 0 Å². The van der Waals surface area contributed by atoms with Gasteiger partial charge in [0.05, 0.1) is 5.39 Å². The van der Waals surface area contributed by atoms with Crippen molar-refractivity contribution in [2.45, 2.75) is 18.9 Å². The van der Waals surface area contributed by atoms with Crippen LogP contribution in [0, 0.1) is 6.92 Å². The molecule has 2 aromatic heterocycles. The summed E-state index contributed by atoms with van der Waals surface area (Å²) >= 11 is 1.23. The molecule has 0 spiro atoms. The number of hydrogen-bond donors (Lipinski definition) is 5. The molecule has 0 unspecified atom stereocenters. The van der Waals surface area contributed by atoms with Gasteiger partial charge in [-0.2, -0.15) is 0 Å². The quantitative estimate of drug-likeness (QED) is 0.164. The van der Waals surface area contributed by atoms with Gasteiger partial charge in [-0.3, -0.25) is 13.9 Å². The van der Waals surface area contributed by atoms with Gasteiger partial charge in [-0.05, 0) is 36.1 Å². The van der Waals surface area contributed by atoms with Crippen LogP contribution in [0.2, 0.25) is 0 Å².